The molecule has 0 aromatic rings. The maximum Gasteiger partial charge on any atom is 0.389 e. The van der Waals surface area contributed by atoms with E-state index in [-0.39, 0.29) is 44.9 Å². The molecule has 0 saturated heterocycles. The van der Waals surface area contributed by atoms with Gasteiger partial charge in [0.05, 0.1) is 0 Å². The quantitative estimate of drug-likeness (QED) is 0.0957. The fourth-order valence-corrected chi connectivity index (χ4v) is 4.01. The molecule has 0 saturated carbocycles. The first kappa shape index (κ1) is 32.4. The van der Waals surface area contributed by atoms with Crippen LogP contribution in [0.5, 0.6) is 0 Å². The van der Waals surface area contributed by atoms with Crippen molar-refractivity contribution in [2.45, 2.75) is 121 Å². The highest BCUT2D eigenvalue weighted by Gasteiger charge is 2.66. The van der Waals surface area contributed by atoms with E-state index in [0.29, 0.717) is 6.42 Å². The van der Waals surface area contributed by atoms with Crippen LogP contribution < -0.4 is 0 Å². The van der Waals surface area contributed by atoms with E-state index in [1.54, 1.807) is 0 Å². The standard InChI is InChI=1S/C23H41F7O3/c1-5-6-7-8-10-13-16-19(23(31-2,32-3)33-4)22(29,30)20(24,25)17-14-11-9-12-15-18-21(26,27)28/h19H,5-18H2,1-4H3. The SMILES string of the molecule is CCCCCCCCC(C(OC)(OC)OC)C(F)(F)C(F)(F)CCCCCCCC(F)(F)F. The normalized spacial score (nSPS) is 14.6. The molecule has 10 heteroatoms. The summed E-state index contributed by atoms with van der Waals surface area (Å²) in [7, 11) is 3.20. The molecule has 1 atom stereocenters. The van der Waals surface area contributed by atoms with Crippen LogP contribution in [0.1, 0.15) is 96.8 Å². The summed E-state index contributed by atoms with van der Waals surface area (Å²) in [5.74, 6) is -13.2. The lowest BCUT2D eigenvalue weighted by Crippen LogP contribution is -2.58. The van der Waals surface area contributed by atoms with Gasteiger partial charge < -0.3 is 14.2 Å². The average molecular weight is 499 g/mol. The van der Waals surface area contributed by atoms with Crippen LogP contribution in [0.15, 0.2) is 0 Å². The highest BCUT2D eigenvalue weighted by molar-refractivity contribution is 4.95. The maximum atomic E-state index is 15.2. The summed E-state index contributed by atoms with van der Waals surface area (Å²) in [5, 5.41) is 0. The Hall–Kier alpha value is -0.610. The zero-order valence-corrected chi connectivity index (χ0v) is 20.3. The molecule has 0 aromatic heterocycles. The summed E-state index contributed by atoms with van der Waals surface area (Å²) >= 11 is 0. The molecule has 0 amide bonds. The molecule has 0 rings (SSSR count). The monoisotopic (exact) mass is 498 g/mol. The van der Waals surface area contributed by atoms with E-state index >= 15 is 8.78 Å². The molecule has 0 radical (unpaired) electrons. The molecular formula is C23H41F7O3. The Morgan fingerprint density at radius 2 is 1.00 bits per heavy atom. The Kier molecular flexibility index (Phi) is 15.1. The minimum atomic E-state index is -4.48. The molecule has 0 aliphatic heterocycles. The molecular weight excluding hydrogens is 457 g/mol. The lowest BCUT2D eigenvalue weighted by atomic mass is 9.85. The van der Waals surface area contributed by atoms with Gasteiger partial charge in [-0.2, -0.15) is 30.7 Å². The molecule has 200 valence electrons. The molecule has 1 unspecified atom stereocenters. The Balaban J connectivity index is 5.06. The number of ether oxygens (including phenoxy) is 3. The first-order valence-corrected chi connectivity index (χ1v) is 11.8. The lowest BCUT2D eigenvalue weighted by Gasteiger charge is -2.42. The third-order valence-electron chi connectivity index (χ3n) is 6.00. The first-order chi connectivity index (χ1) is 15.3. The fraction of sp³-hybridized carbons (Fsp3) is 1.00. The highest BCUT2D eigenvalue weighted by Crippen LogP contribution is 2.50. The van der Waals surface area contributed by atoms with Crippen LogP contribution in [-0.4, -0.2) is 45.3 Å². The maximum absolute atomic E-state index is 15.2. The summed E-state index contributed by atoms with van der Waals surface area (Å²) in [6, 6.07) is 0. The van der Waals surface area contributed by atoms with Crippen molar-refractivity contribution in [1.29, 1.82) is 0 Å². The van der Waals surface area contributed by atoms with Crippen molar-refractivity contribution < 1.29 is 44.9 Å². The van der Waals surface area contributed by atoms with E-state index in [4.69, 9.17) is 14.2 Å². The van der Waals surface area contributed by atoms with Gasteiger partial charge in [0.15, 0.2) is 0 Å². The van der Waals surface area contributed by atoms with Gasteiger partial charge in [0.1, 0.15) is 5.92 Å². The second-order valence-corrected chi connectivity index (χ2v) is 8.54. The predicted octanol–water partition coefficient (Wildman–Crippen LogP) is 8.51. The van der Waals surface area contributed by atoms with E-state index in [1.807, 2.05) is 6.92 Å². The van der Waals surface area contributed by atoms with Crippen LogP contribution in [0.4, 0.5) is 30.7 Å². The number of unbranched alkanes of at least 4 members (excludes halogenated alkanes) is 9. The summed E-state index contributed by atoms with van der Waals surface area (Å²) in [4.78, 5) is 0. The molecule has 3 nitrogen and oxygen atoms in total. The van der Waals surface area contributed by atoms with E-state index < -0.39 is 42.8 Å². The van der Waals surface area contributed by atoms with Crippen molar-refractivity contribution in [1.82, 2.24) is 0 Å². The average Bonchev–Trinajstić information content (AvgIpc) is 2.74. The van der Waals surface area contributed by atoms with E-state index in [9.17, 15) is 22.0 Å². The van der Waals surface area contributed by atoms with Gasteiger partial charge in [-0.05, 0) is 19.3 Å². The predicted molar refractivity (Wildman–Crippen MR) is 114 cm³/mol. The molecule has 0 spiro atoms. The highest BCUT2D eigenvalue weighted by atomic mass is 19.4. The molecule has 0 N–H and O–H groups in total. The van der Waals surface area contributed by atoms with Crippen LogP contribution in [0.2, 0.25) is 0 Å². The van der Waals surface area contributed by atoms with Gasteiger partial charge in [0.25, 0.3) is 5.97 Å². The van der Waals surface area contributed by atoms with Gasteiger partial charge in [-0.1, -0.05) is 64.7 Å². The van der Waals surface area contributed by atoms with Crippen LogP contribution in [-0.2, 0) is 14.2 Å². The van der Waals surface area contributed by atoms with Crippen LogP contribution >= 0.6 is 0 Å². The van der Waals surface area contributed by atoms with Gasteiger partial charge in [-0.3, -0.25) is 0 Å². The van der Waals surface area contributed by atoms with E-state index in [1.165, 1.54) is 0 Å². The third-order valence-corrected chi connectivity index (χ3v) is 6.00. The zero-order valence-electron chi connectivity index (χ0n) is 20.3. The second kappa shape index (κ2) is 15.4. The Morgan fingerprint density at radius 1 is 0.576 bits per heavy atom. The lowest BCUT2D eigenvalue weighted by molar-refractivity contribution is -0.418. The Morgan fingerprint density at radius 3 is 1.45 bits per heavy atom. The number of hydrogen-bond donors (Lipinski definition) is 0. The molecule has 0 aromatic carbocycles. The molecule has 0 heterocycles. The minimum Gasteiger partial charge on any atom is -0.330 e. The summed E-state index contributed by atoms with van der Waals surface area (Å²) in [6.07, 6.45) is -1.53. The van der Waals surface area contributed by atoms with Crippen molar-refractivity contribution >= 4 is 0 Å². The summed E-state index contributed by atoms with van der Waals surface area (Å²) < 4.78 is 111. The van der Waals surface area contributed by atoms with Crippen molar-refractivity contribution in [3.63, 3.8) is 0 Å². The molecule has 0 bridgehead atoms. The number of rotatable bonds is 20. The van der Waals surface area contributed by atoms with Crippen LogP contribution in [0.25, 0.3) is 0 Å². The van der Waals surface area contributed by atoms with E-state index in [2.05, 4.69) is 0 Å². The third kappa shape index (κ3) is 11.1. The Bertz CT molecular complexity index is 487. The molecule has 0 aliphatic rings. The zero-order chi connectivity index (χ0) is 25.6. The summed E-state index contributed by atoms with van der Waals surface area (Å²) in [6.45, 7) is 2.05. The van der Waals surface area contributed by atoms with Gasteiger partial charge in [-0.15, -0.1) is 0 Å². The number of methoxy groups -OCH3 is 3. The van der Waals surface area contributed by atoms with Gasteiger partial charge in [0, 0.05) is 34.2 Å². The summed E-state index contributed by atoms with van der Waals surface area (Å²) in [5.41, 5.74) is 0. The minimum absolute atomic E-state index is 0.103. The molecule has 0 fully saturated rings. The molecule has 0 aliphatic carbocycles. The number of hydrogen-bond acceptors (Lipinski definition) is 3. The number of alkyl halides is 7. The van der Waals surface area contributed by atoms with Crippen molar-refractivity contribution in [3.05, 3.63) is 0 Å². The van der Waals surface area contributed by atoms with Crippen molar-refractivity contribution in [2.75, 3.05) is 21.3 Å². The van der Waals surface area contributed by atoms with Crippen LogP contribution in [0.3, 0.4) is 0 Å². The smallest absolute Gasteiger partial charge is 0.330 e. The van der Waals surface area contributed by atoms with Gasteiger partial charge >= 0.3 is 18.0 Å². The Labute approximate surface area is 193 Å². The van der Waals surface area contributed by atoms with Crippen LogP contribution in [0, 0.1) is 5.92 Å². The van der Waals surface area contributed by atoms with Crippen molar-refractivity contribution in [2.24, 2.45) is 5.92 Å². The topological polar surface area (TPSA) is 27.7 Å². The fourth-order valence-electron chi connectivity index (χ4n) is 4.01. The molecule has 33 heavy (non-hydrogen) atoms. The first-order valence-electron chi connectivity index (χ1n) is 11.8. The largest absolute Gasteiger partial charge is 0.389 e. The van der Waals surface area contributed by atoms with Gasteiger partial charge in [-0.25, -0.2) is 0 Å². The number of halogens is 7. The van der Waals surface area contributed by atoms with Crippen molar-refractivity contribution in [3.8, 4) is 0 Å². The van der Waals surface area contributed by atoms with Gasteiger partial charge in [0.2, 0.25) is 0 Å². The van der Waals surface area contributed by atoms with E-state index in [0.717, 1.165) is 47.0 Å². The second-order valence-electron chi connectivity index (χ2n) is 8.54.